The number of amides is 1. The van der Waals surface area contributed by atoms with Crippen molar-refractivity contribution in [1.82, 2.24) is 14.9 Å². The van der Waals surface area contributed by atoms with E-state index in [1.165, 1.54) is 6.20 Å². The minimum absolute atomic E-state index is 0.0747. The maximum atomic E-state index is 13.4. The van der Waals surface area contributed by atoms with Gasteiger partial charge in [0, 0.05) is 17.8 Å². The van der Waals surface area contributed by atoms with Gasteiger partial charge in [0.2, 0.25) is 0 Å². The number of rotatable bonds is 4. The molecule has 0 spiro atoms. The van der Waals surface area contributed by atoms with Crippen molar-refractivity contribution in [2.45, 2.75) is 44.7 Å². The Morgan fingerprint density at radius 3 is 2.71 bits per heavy atom. The lowest BCUT2D eigenvalue weighted by Gasteiger charge is -2.35. The van der Waals surface area contributed by atoms with E-state index in [0.717, 1.165) is 43.4 Å². The Bertz CT molecular complexity index is 1010. The Kier molecular flexibility index (Phi) is 5.14. The van der Waals surface area contributed by atoms with E-state index in [4.69, 9.17) is 4.74 Å². The summed E-state index contributed by atoms with van der Waals surface area (Å²) < 4.78 is 5.75. The molecular weight excluding hydrogens is 358 g/mol. The largest absolute Gasteiger partial charge is 0.488 e. The number of carbonyl (C=O) groups is 1. The fourth-order valence-electron chi connectivity index (χ4n) is 3.92. The molecular formula is C21H23N3O4. The van der Waals surface area contributed by atoms with Crippen molar-refractivity contribution >= 4 is 12.0 Å². The van der Waals surface area contributed by atoms with Crippen LogP contribution >= 0.6 is 0 Å². The van der Waals surface area contributed by atoms with Gasteiger partial charge in [-0.2, -0.15) is 0 Å². The van der Waals surface area contributed by atoms with Crippen LogP contribution in [0.2, 0.25) is 0 Å². The molecule has 1 saturated carbocycles. The second kappa shape index (κ2) is 7.88. The van der Waals surface area contributed by atoms with Crippen LogP contribution in [0.1, 0.15) is 43.2 Å². The molecule has 0 bridgehead atoms. The number of nitrogens with one attached hydrogen (secondary N) is 2. The molecule has 1 aliphatic heterocycles. The predicted octanol–water partition coefficient (Wildman–Crippen LogP) is 2.20. The predicted molar refractivity (Wildman–Crippen MR) is 105 cm³/mol. The summed E-state index contributed by atoms with van der Waals surface area (Å²) in [5, 5.41) is 0. The van der Waals surface area contributed by atoms with Crippen LogP contribution in [0.5, 0.6) is 5.75 Å². The number of nitrogens with zero attached hydrogens (tertiary/aromatic N) is 1. The first-order chi connectivity index (χ1) is 13.6. The molecule has 7 nitrogen and oxygen atoms in total. The molecule has 1 fully saturated rings. The van der Waals surface area contributed by atoms with E-state index in [9.17, 15) is 14.4 Å². The van der Waals surface area contributed by atoms with E-state index in [1.54, 1.807) is 4.90 Å². The molecule has 2 aromatic rings. The van der Waals surface area contributed by atoms with Gasteiger partial charge >= 0.3 is 5.69 Å². The number of para-hydroxylation sites is 1. The summed E-state index contributed by atoms with van der Waals surface area (Å²) in [5.74, 6) is 0.646. The Labute approximate surface area is 162 Å². The maximum Gasteiger partial charge on any atom is 0.325 e. The summed E-state index contributed by atoms with van der Waals surface area (Å²) in [5.41, 5.74) is 0.810. The molecule has 1 aliphatic carbocycles. The number of hydrogen-bond acceptors (Lipinski definition) is 4. The third kappa shape index (κ3) is 3.78. The standard InChI is InChI=1S/C21H23N3O4/c25-19-16(11-22-21(27)23-19)12-24(17-7-2-1-3-8-17)20(26)15-10-14-6-4-5-9-18(14)28-13-15/h4-6,9-11,17H,1-3,7-8,12-13H2,(H2,22,23,25,27). The van der Waals surface area contributed by atoms with E-state index in [1.807, 2.05) is 30.3 Å². The number of aromatic amines is 2. The van der Waals surface area contributed by atoms with E-state index in [2.05, 4.69) is 9.97 Å². The molecule has 4 rings (SSSR count). The summed E-state index contributed by atoms with van der Waals surface area (Å²) in [7, 11) is 0. The van der Waals surface area contributed by atoms with Gasteiger partial charge in [0.25, 0.3) is 11.5 Å². The average molecular weight is 381 g/mol. The number of carbonyl (C=O) groups excluding carboxylic acids is 1. The SMILES string of the molecule is O=C(C1=Cc2ccccc2OC1)N(Cc1c[nH]c(=O)[nH]c1=O)C1CCCCC1. The van der Waals surface area contributed by atoms with Crippen LogP contribution in [0.25, 0.3) is 6.08 Å². The first kappa shape index (κ1) is 18.3. The lowest BCUT2D eigenvalue weighted by molar-refractivity contribution is -0.131. The number of fused-ring (bicyclic) bond motifs is 1. The Morgan fingerprint density at radius 1 is 1.14 bits per heavy atom. The molecule has 0 radical (unpaired) electrons. The highest BCUT2D eigenvalue weighted by Crippen LogP contribution is 2.29. The fraction of sp³-hybridized carbons (Fsp3) is 0.381. The highest BCUT2D eigenvalue weighted by Gasteiger charge is 2.29. The summed E-state index contributed by atoms with van der Waals surface area (Å²) in [6.07, 6.45) is 8.38. The van der Waals surface area contributed by atoms with Gasteiger partial charge in [-0.15, -0.1) is 0 Å². The van der Waals surface area contributed by atoms with Gasteiger partial charge in [0.15, 0.2) is 0 Å². The first-order valence-electron chi connectivity index (χ1n) is 9.66. The number of aromatic nitrogens is 2. The molecule has 0 unspecified atom stereocenters. The summed E-state index contributed by atoms with van der Waals surface area (Å²) in [4.78, 5) is 43.4. The highest BCUT2D eigenvalue weighted by atomic mass is 16.5. The van der Waals surface area contributed by atoms with Crippen molar-refractivity contribution in [3.63, 3.8) is 0 Å². The van der Waals surface area contributed by atoms with Crippen LogP contribution in [0.4, 0.5) is 0 Å². The molecule has 146 valence electrons. The van der Waals surface area contributed by atoms with Gasteiger partial charge < -0.3 is 14.6 Å². The highest BCUT2D eigenvalue weighted by molar-refractivity contribution is 5.99. The smallest absolute Gasteiger partial charge is 0.325 e. The van der Waals surface area contributed by atoms with Crippen molar-refractivity contribution in [2.24, 2.45) is 0 Å². The Hall–Kier alpha value is -3.09. The maximum absolute atomic E-state index is 13.4. The van der Waals surface area contributed by atoms with Crippen molar-refractivity contribution in [2.75, 3.05) is 6.61 Å². The van der Waals surface area contributed by atoms with Gasteiger partial charge in [-0.1, -0.05) is 37.5 Å². The van der Waals surface area contributed by atoms with Gasteiger partial charge in [-0.3, -0.25) is 14.6 Å². The summed E-state index contributed by atoms with van der Waals surface area (Å²) >= 11 is 0. The number of hydrogen-bond donors (Lipinski definition) is 2. The zero-order valence-corrected chi connectivity index (χ0v) is 15.6. The molecule has 28 heavy (non-hydrogen) atoms. The number of benzene rings is 1. The van der Waals surface area contributed by atoms with Crippen molar-refractivity contribution in [3.05, 3.63) is 68.0 Å². The van der Waals surface area contributed by atoms with E-state index in [-0.39, 0.29) is 25.1 Å². The van der Waals surface area contributed by atoms with Crippen molar-refractivity contribution in [1.29, 1.82) is 0 Å². The Balaban J connectivity index is 1.65. The lowest BCUT2D eigenvalue weighted by atomic mass is 9.93. The minimum atomic E-state index is -0.552. The van der Waals surface area contributed by atoms with Gasteiger partial charge in [-0.25, -0.2) is 4.79 Å². The monoisotopic (exact) mass is 381 g/mol. The zero-order chi connectivity index (χ0) is 19.5. The quantitative estimate of drug-likeness (QED) is 0.849. The van der Waals surface area contributed by atoms with Crippen LogP contribution < -0.4 is 16.0 Å². The van der Waals surface area contributed by atoms with E-state index >= 15 is 0 Å². The minimum Gasteiger partial charge on any atom is -0.488 e. The molecule has 7 heteroatoms. The van der Waals surface area contributed by atoms with Crippen LogP contribution in [0, 0.1) is 0 Å². The molecule has 2 N–H and O–H groups in total. The molecule has 2 heterocycles. The van der Waals surface area contributed by atoms with Crippen molar-refractivity contribution < 1.29 is 9.53 Å². The van der Waals surface area contributed by atoms with Gasteiger partial charge in [0.05, 0.1) is 17.7 Å². The average Bonchev–Trinajstić information content (AvgIpc) is 2.73. The van der Waals surface area contributed by atoms with Crippen LogP contribution in [0.3, 0.4) is 0 Å². The zero-order valence-electron chi connectivity index (χ0n) is 15.6. The molecule has 0 atom stereocenters. The summed E-state index contributed by atoms with van der Waals surface area (Å²) in [6, 6.07) is 7.68. The van der Waals surface area contributed by atoms with Gasteiger partial charge in [0.1, 0.15) is 12.4 Å². The topological polar surface area (TPSA) is 95.3 Å². The molecule has 0 saturated heterocycles. The van der Waals surface area contributed by atoms with E-state index in [0.29, 0.717) is 11.1 Å². The van der Waals surface area contributed by atoms with E-state index < -0.39 is 11.2 Å². The number of ether oxygens (including phenoxy) is 1. The second-order valence-corrected chi connectivity index (χ2v) is 7.32. The first-order valence-corrected chi connectivity index (χ1v) is 9.66. The normalized spacial score (nSPS) is 16.6. The van der Waals surface area contributed by atoms with Crippen molar-refractivity contribution in [3.8, 4) is 5.75 Å². The summed E-state index contributed by atoms with van der Waals surface area (Å²) in [6.45, 7) is 0.371. The van der Waals surface area contributed by atoms with Crippen LogP contribution in [-0.2, 0) is 11.3 Å². The molecule has 1 aromatic carbocycles. The lowest BCUT2D eigenvalue weighted by Crippen LogP contribution is -2.44. The van der Waals surface area contributed by atoms with Crippen LogP contribution in [-0.4, -0.2) is 33.4 Å². The third-order valence-electron chi connectivity index (χ3n) is 5.42. The molecule has 1 aromatic heterocycles. The van der Waals surface area contributed by atoms with Gasteiger partial charge in [-0.05, 0) is 25.0 Å². The third-order valence-corrected chi connectivity index (χ3v) is 5.42. The molecule has 2 aliphatic rings. The second-order valence-electron chi connectivity index (χ2n) is 7.32. The Morgan fingerprint density at radius 2 is 1.93 bits per heavy atom. The van der Waals surface area contributed by atoms with Crippen LogP contribution in [0.15, 0.2) is 45.6 Å². The molecule has 1 amide bonds. The fourth-order valence-corrected chi connectivity index (χ4v) is 3.92. The number of H-pyrrole nitrogens is 2.